The van der Waals surface area contributed by atoms with Crippen molar-refractivity contribution in [3.8, 4) is 0 Å². The topological polar surface area (TPSA) is 32.7 Å². The summed E-state index contributed by atoms with van der Waals surface area (Å²) >= 11 is 0. The van der Waals surface area contributed by atoms with E-state index in [2.05, 4.69) is 0 Å². The second kappa shape index (κ2) is 4.84. The normalized spacial score (nSPS) is 12.5. The first-order valence-electron chi connectivity index (χ1n) is 4.40. The molecule has 0 aliphatic rings. The Morgan fingerprint density at radius 3 is 2.54 bits per heavy atom. The maximum atomic E-state index is 9.63. The summed E-state index contributed by atoms with van der Waals surface area (Å²) in [6.45, 7) is 4.29. The number of para-hydroxylation sites is 1. The molecule has 1 aromatic rings. The number of benzene rings is 1. The van der Waals surface area contributed by atoms with E-state index in [1.165, 1.54) is 0 Å². The molecule has 3 nitrogen and oxygen atoms in total. The van der Waals surface area contributed by atoms with Crippen molar-refractivity contribution in [2.75, 3.05) is 11.7 Å². The third-order valence-corrected chi connectivity index (χ3v) is 1.77. The van der Waals surface area contributed by atoms with Crippen molar-refractivity contribution in [1.82, 2.24) is 0 Å². The Bertz CT molecular complexity index is 238. The molecule has 0 aromatic heterocycles. The number of hydrogen-bond acceptors (Lipinski definition) is 3. The highest BCUT2D eigenvalue weighted by Gasteiger charge is 2.10. The van der Waals surface area contributed by atoms with Crippen molar-refractivity contribution in [2.24, 2.45) is 0 Å². The fourth-order valence-electron chi connectivity index (χ4n) is 1.10. The average molecular weight is 181 g/mol. The maximum absolute atomic E-state index is 9.63. The van der Waals surface area contributed by atoms with E-state index in [1.54, 1.807) is 6.92 Å². The summed E-state index contributed by atoms with van der Waals surface area (Å²) in [5, 5.41) is 10.7. The largest absolute Gasteiger partial charge is 0.357 e. The number of ether oxygens (including phenoxy) is 1. The van der Waals surface area contributed by atoms with Gasteiger partial charge in [0.05, 0.1) is 5.69 Å². The Morgan fingerprint density at radius 1 is 1.38 bits per heavy atom. The fraction of sp³-hybridized carbons (Fsp3) is 0.400. The minimum atomic E-state index is -0.313. The van der Waals surface area contributed by atoms with Gasteiger partial charge in [0.1, 0.15) is 0 Å². The highest BCUT2D eigenvalue weighted by molar-refractivity contribution is 5.43. The van der Waals surface area contributed by atoms with Crippen LogP contribution in [0.15, 0.2) is 30.3 Å². The van der Waals surface area contributed by atoms with Crippen LogP contribution in [0.4, 0.5) is 5.69 Å². The van der Waals surface area contributed by atoms with Crippen LogP contribution in [-0.4, -0.2) is 18.0 Å². The van der Waals surface area contributed by atoms with Crippen molar-refractivity contribution >= 4 is 5.69 Å². The molecule has 13 heavy (non-hydrogen) atoms. The maximum Gasteiger partial charge on any atom is 0.151 e. The fourth-order valence-corrected chi connectivity index (χ4v) is 1.10. The summed E-state index contributed by atoms with van der Waals surface area (Å²) in [6.07, 6.45) is -0.313. The van der Waals surface area contributed by atoms with Gasteiger partial charge < -0.3 is 4.74 Å². The molecule has 1 rings (SSSR count). The number of anilines is 1. The van der Waals surface area contributed by atoms with E-state index >= 15 is 0 Å². The summed E-state index contributed by atoms with van der Waals surface area (Å²) in [7, 11) is 0. The molecule has 3 heteroatoms. The van der Waals surface area contributed by atoms with Crippen LogP contribution in [-0.2, 0) is 4.74 Å². The van der Waals surface area contributed by atoms with Crippen LogP contribution >= 0.6 is 0 Å². The van der Waals surface area contributed by atoms with Gasteiger partial charge >= 0.3 is 0 Å². The lowest BCUT2D eigenvalue weighted by atomic mass is 10.3. The van der Waals surface area contributed by atoms with Crippen LogP contribution in [0, 0.1) is 0 Å². The van der Waals surface area contributed by atoms with Gasteiger partial charge in [0.25, 0.3) is 0 Å². The van der Waals surface area contributed by atoms with Crippen LogP contribution in [0.25, 0.3) is 0 Å². The van der Waals surface area contributed by atoms with E-state index in [1.807, 2.05) is 37.3 Å². The smallest absolute Gasteiger partial charge is 0.151 e. The summed E-state index contributed by atoms with van der Waals surface area (Å²) in [6, 6.07) is 9.31. The van der Waals surface area contributed by atoms with Gasteiger partial charge in [-0.05, 0) is 26.0 Å². The van der Waals surface area contributed by atoms with Gasteiger partial charge in [-0.2, -0.15) is 0 Å². The molecule has 1 atom stereocenters. The first kappa shape index (κ1) is 10.0. The van der Waals surface area contributed by atoms with Gasteiger partial charge in [-0.25, -0.2) is 5.06 Å². The molecule has 0 aliphatic heterocycles. The molecule has 0 radical (unpaired) electrons. The zero-order chi connectivity index (χ0) is 9.68. The van der Waals surface area contributed by atoms with E-state index in [0.717, 1.165) is 10.8 Å². The monoisotopic (exact) mass is 181 g/mol. The molecule has 0 amide bonds. The molecule has 1 aromatic carbocycles. The van der Waals surface area contributed by atoms with Crippen LogP contribution < -0.4 is 5.06 Å². The van der Waals surface area contributed by atoms with Crippen LogP contribution in [0.3, 0.4) is 0 Å². The highest BCUT2D eigenvalue weighted by Crippen LogP contribution is 2.13. The zero-order valence-corrected chi connectivity index (χ0v) is 7.97. The van der Waals surface area contributed by atoms with E-state index < -0.39 is 0 Å². The number of rotatable bonds is 4. The Hall–Kier alpha value is -1.06. The Labute approximate surface area is 78.5 Å². The Kier molecular flexibility index (Phi) is 3.73. The van der Waals surface area contributed by atoms with Gasteiger partial charge in [-0.15, -0.1) is 0 Å². The summed E-state index contributed by atoms with van der Waals surface area (Å²) in [5.74, 6) is 0. The number of hydroxylamine groups is 1. The lowest BCUT2D eigenvalue weighted by Crippen LogP contribution is -2.31. The van der Waals surface area contributed by atoms with Crippen molar-refractivity contribution in [1.29, 1.82) is 0 Å². The molecular weight excluding hydrogens is 166 g/mol. The predicted molar refractivity (Wildman–Crippen MR) is 51.8 cm³/mol. The van der Waals surface area contributed by atoms with Crippen molar-refractivity contribution in [3.63, 3.8) is 0 Å². The molecule has 0 aliphatic carbocycles. The first-order chi connectivity index (χ1) is 6.25. The molecule has 1 unspecified atom stereocenters. The first-order valence-corrected chi connectivity index (χ1v) is 4.40. The Balaban J connectivity index is 2.62. The molecule has 0 saturated heterocycles. The third kappa shape index (κ3) is 2.72. The second-order valence-electron chi connectivity index (χ2n) is 2.73. The SMILES string of the molecule is CCOC(C)N(O)c1ccccc1. The van der Waals surface area contributed by atoms with E-state index in [9.17, 15) is 5.21 Å². The molecule has 1 N–H and O–H groups in total. The standard InChI is InChI=1S/C10H15NO2/c1-3-13-9(2)11(12)10-7-5-4-6-8-10/h4-9,12H,3H2,1-2H3. The lowest BCUT2D eigenvalue weighted by Gasteiger charge is -2.23. The van der Waals surface area contributed by atoms with Crippen molar-refractivity contribution in [3.05, 3.63) is 30.3 Å². The van der Waals surface area contributed by atoms with Crippen molar-refractivity contribution < 1.29 is 9.94 Å². The molecule has 0 saturated carbocycles. The quantitative estimate of drug-likeness (QED) is 0.571. The minimum absolute atomic E-state index is 0.313. The molecule has 0 fully saturated rings. The number of hydrogen-bond donors (Lipinski definition) is 1. The Morgan fingerprint density at radius 2 is 2.00 bits per heavy atom. The number of nitrogens with zero attached hydrogens (tertiary/aromatic N) is 1. The van der Waals surface area contributed by atoms with E-state index in [-0.39, 0.29) is 6.23 Å². The molecule has 72 valence electrons. The second-order valence-corrected chi connectivity index (χ2v) is 2.73. The summed E-state index contributed by atoms with van der Waals surface area (Å²) in [4.78, 5) is 0. The predicted octanol–water partition coefficient (Wildman–Crippen LogP) is 2.26. The minimum Gasteiger partial charge on any atom is -0.357 e. The molecular formula is C10H15NO2. The summed E-state index contributed by atoms with van der Waals surface area (Å²) in [5.41, 5.74) is 0.739. The lowest BCUT2D eigenvalue weighted by molar-refractivity contribution is 0.0125. The van der Waals surface area contributed by atoms with Crippen LogP contribution in [0.1, 0.15) is 13.8 Å². The van der Waals surface area contributed by atoms with Gasteiger partial charge in [-0.3, -0.25) is 5.21 Å². The van der Waals surface area contributed by atoms with Crippen LogP contribution in [0.5, 0.6) is 0 Å². The third-order valence-electron chi connectivity index (χ3n) is 1.77. The highest BCUT2D eigenvalue weighted by atomic mass is 16.6. The van der Waals surface area contributed by atoms with Gasteiger partial charge in [0.15, 0.2) is 6.23 Å². The molecule has 0 heterocycles. The molecule has 0 bridgehead atoms. The van der Waals surface area contributed by atoms with Gasteiger partial charge in [0.2, 0.25) is 0 Å². The van der Waals surface area contributed by atoms with Crippen LogP contribution in [0.2, 0.25) is 0 Å². The van der Waals surface area contributed by atoms with E-state index in [0.29, 0.717) is 6.61 Å². The van der Waals surface area contributed by atoms with E-state index in [4.69, 9.17) is 4.74 Å². The molecule has 0 spiro atoms. The van der Waals surface area contributed by atoms with Gasteiger partial charge in [0, 0.05) is 6.61 Å². The van der Waals surface area contributed by atoms with Crippen molar-refractivity contribution in [2.45, 2.75) is 20.1 Å². The zero-order valence-electron chi connectivity index (χ0n) is 7.97. The summed E-state index contributed by atoms with van der Waals surface area (Å²) < 4.78 is 5.23. The average Bonchev–Trinajstić information content (AvgIpc) is 2.18. The van der Waals surface area contributed by atoms with Gasteiger partial charge in [-0.1, -0.05) is 18.2 Å².